The Morgan fingerprint density at radius 1 is 1.30 bits per heavy atom. The van der Waals surface area contributed by atoms with Gasteiger partial charge in [-0.2, -0.15) is 0 Å². The summed E-state index contributed by atoms with van der Waals surface area (Å²) in [5, 5.41) is 3.77. The van der Waals surface area contributed by atoms with Gasteiger partial charge >= 0.3 is 0 Å². The summed E-state index contributed by atoms with van der Waals surface area (Å²) in [6.07, 6.45) is -1.08. The van der Waals surface area contributed by atoms with Crippen LogP contribution in [-0.2, 0) is 19.7 Å². The highest BCUT2D eigenvalue weighted by Gasteiger charge is 2.32. The Bertz CT molecular complexity index is 1020. The number of hydrogen-bond acceptors (Lipinski definition) is 6. The van der Waals surface area contributed by atoms with Crippen molar-refractivity contribution in [2.45, 2.75) is 24.3 Å². The van der Waals surface area contributed by atoms with Crippen LogP contribution in [0.1, 0.15) is 17.5 Å². The van der Waals surface area contributed by atoms with Crippen LogP contribution in [0.3, 0.4) is 0 Å². The smallest absolute Gasteiger partial charge is 0.278 e. The number of carbonyl (C=O) groups excluding carboxylic acids is 1. The lowest BCUT2D eigenvalue weighted by Crippen LogP contribution is -2.38. The van der Waals surface area contributed by atoms with Crippen LogP contribution in [0.15, 0.2) is 52.5 Å². The molecular formula is C18H17FN2O5S. The van der Waals surface area contributed by atoms with Crippen LogP contribution in [0.2, 0.25) is 0 Å². The maximum absolute atomic E-state index is 13.3. The summed E-state index contributed by atoms with van der Waals surface area (Å²) in [5.74, 6) is -0.758. The lowest BCUT2D eigenvalue weighted by Gasteiger charge is -2.12. The molecular weight excluding hydrogens is 375 g/mol. The van der Waals surface area contributed by atoms with Crippen LogP contribution in [0.25, 0.3) is 0 Å². The van der Waals surface area contributed by atoms with E-state index in [0.717, 1.165) is 0 Å². The third-order valence-electron chi connectivity index (χ3n) is 4.03. The third-order valence-corrected chi connectivity index (χ3v) is 5.38. The monoisotopic (exact) mass is 392 g/mol. The van der Waals surface area contributed by atoms with Gasteiger partial charge in [-0.15, -0.1) is 0 Å². The zero-order chi connectivity index (χ0) is 19.6. The molecule has 1 heterocycles. The zero-order valence-electron chi connectivity index (χ0n) is 14.6. The highest BCUT2D eigenvalue weighted by molar-refractivity contribution is 7.90. The molecule has 0 saturated heterocycles. The Morgan fingerprint density at radius 2 is 2.07 bits per heavy atom. The van der Waals surface area contributed by atoms with E-state index in [2.05, 4.69) is 5.16 Å². The average Bonchev–Trinajstić information content (AvgIpc) is 3.11. The molecule has 2 aromatic carbocycles. The van der Waals surface area contributed by atoms with Gasteiger partial charge in [-0.25, -0.2) is 17.5 Å². The van der Waals surface area contributed by atoms with Gasteiger partial charge in [-0.05, 0) is 42.8 Å². The predicted octanol–water partition coefficient (Wildman–Crippen LogP) is 2.14. The van der Waals surface area contributed by atoms with E-state index in [-0.39, 0.29) is 11.3 Å². The maximum atomic E-state index is 13.3. The summed E-state index contributed by atoms with van der Waals surface area (Å²) in [7, 11) is -2.60. The fourth-order valence-electron chi connectivity index (χ4n) is 2.63. The van der Waals surface area contributed by atoms with Crippen LogP contribution >= 0.6 is 0 Å². The molecule has 0 aliphatic carbocycles. The standard InChI is InChI=1S/C18H17FN2O5S/c1-11-8-14(6-7-16(11)25-2)27(23,24)21-18(22)17-10-15(20-26-17)12-4-3-5-13(19)9-12/h3-9,17H,10H2,1-2H3,(H,21,22)/t17-/m1/s1. The molecule has 1 amide bonds. The van der Waals surface area contributed by atoms with Crippen molar-refractivity contribution in [2.75, 3.05) is 7.11 Å². The van der Waals surface area contributed by atoms with Gasteiger partial charge in [0.1, 0.15) is 11.6 Å². The SMILES string of the molecule is COc1ccc(S(=O)(=O)NC(=O)[C@H]2CC(c3cccc(F)c3)=NO2)cc1C. The molecule has 1 aliphatic rings. The van der Waals surface area contributed by atoms with Crippen LogP contribution in [0.5, 0.6) is 5.75 Å². The minimum Gasteiger partial charge on any atom is -0.496 e. The largest absolute Gasteiger partial charge is 0.496 e. The third kappa shape index (κ3) is 4.08. The molecule has 0 bridgehead atoms. The summed E-state index contributed by atoms with van der Waals surface area (Å²) < 4.78 is 45.2. The highest BCUT2D eigenvalue weighted by Crippen LogP contribution is 2.22. The normalized spacial score (nSPS) is 16.4. The molecule has 0 aromatic heterocycles. The summed E-state index contributed by atoms with van der Waals surface area (Å²) in [5.41, 5.74) is 1.45. The highest BCUT2D eigenvalue weighted by atomic mass is 32.2. The first-order chi connectivity index (χ1) is 12.8. The number of methoxy groups -OCH3 is 1. The van der Waals surface area contributed by atoms with Crippen molar-refractivity contribution < 1.29 is 27.2 Å². The fourth-order valence-corrected chi connectivity index (χ4v) is 3.72. The van der Waals surface area contributed by atoms with Crippen LogP contribution in [0.4, 0.5) is 4.39 Å². The minimum absolute atomic E-state index is 0.0342. The summed E-state index contributed by atoms with van der Waals surface area (Å²) >= 11 is 0. The number of aryl methyl sites for hydroxylation is 1. The van der Waals surface area contributed by atoms with Crippen molar-refractivity contribution in [2.24, 2.45) is 5.16 Å². The molecule has 0 spiro atoms. The van der Waals surface area contributed by atoms with Crippen molar-refractivity contribution >= 4 is 21.6 Å². The number of carbonyl (C=O) groups is 1. The molecule has 0 fully saturated rings. The van der Waals surface area contributed by atoms with Crippen molar-refractivity contribution in [1.82, 2.24) is 4.72 Å². The lowest BCUT2D eigenvalue weighted by molar-refractivity contribution is -0.129. The number of sulfonamides is 1. The molecule has 1 atom stereocenters. The van der Waals surface area contributed by atoms with Crippen molar-refractivity contribution in [3.63, 3.8) is 0 Å². The van der Waals surface area contributed by atoms with Crippen molar-refractivity contribution in [3.05, 3.63) is 59.4 Å². The molecule has 1 aliphatic heterocycles. The summed E-state index contributed by atoms with van der Waals surface area (Å²) in [6, 6.07) is 9.93. The quantitative estimate of drug-likeness (QED) is 0.841. The number of rotatable bonds is 5. The first-order valence-electron chi connectivity index (χ1n) is 8.00. The van der Waals surface area contributed by atoms with Crippen molar-refractivity contribution in [3.8, 4) is 5.75 Å². The van der Waals surface area contributed by atoms with Crippen molar-refractivity contribution in [1.29, 1.82) is 0 Å². The number of amides is 1. The van der Waals surface area contributed by atoms with Gasteiger partial charge in [-0.1, -0.05) is 17.3 Å². The predicted molar refractivity (Wildman–Crippen MR) is 95.5 cm³/mol. The first-order valence-corrected chi connectivity index (χ1v) is 9.48. The molecule has 0 saturated carbocycles. The van der Waals surface area contributed by atoms with Gasteiger partial charge in [0, 0.05) is 12.0 Å². The second-order valence-electron chi connectivity index (χ2n) is 5.95. The van der Waals surface area contributed by atoms with Gasteiger partial charge in [0.05, 0.1) is 17.7 Å². The lowest BCUT2D eigenvalue weighted by atomic mass is 10.0. The molecule has 9 heteroatoms. The number of ether oxygens (including phenoxy) is 1. The molecule has 0 radical (unpaired) electrons. The number of nitrogens with one attached hydrogen (secondary N) is 1. The van der Waals surface area contributed by atoms with E-state index >= 15 is 0 Å². The first kappa shape index (κ1) is 18.8. The minimum atomic E-state index is -4.08. The second-order valence-corrected chi connectivity index (χ2v) is 7.63. The number of halogens is 1. The van der Waals surface area contributed by atoms with E-state index in [0.29, 0.717) is 22.6 Å². The van der Waals surface area contributed by atoms with Gasteiger partial charge in [0.15, 0.2) is 0 Å². The van der Waals surface area contributed by atoms with E-state index in [1.54, 1.807) is 13.0 Å². The Morgan fingerprint density at radius 3 is 2.74 bits per heavy atom. The van der Waals surface area contributed by atoms with E-state index in [4.69, 9.17) is 9.57 Å². The van der Waals surface area contributed by atoms with E-state index in [1.165, 1.54) is 43.5 Å². The van der Waals surface area contributed by atoms with E-state index in [1.807, 2.05) is 4.72 Å². The Hall–Kier alpha value is -2.94. The number of nitrogens with zero attached hydrogens (tertiary/aromatic N) is 1. The summed E-state index contributed by atoms with van der Waals surface area (Å²) in [4.78, 5) is 17.3. The second kappa shape index (κ2) is 7.36. The Balaban J connectivity index is 1.70. The molecule has 2 aromatic rings. The topological polar surface area (TPSA) is 94.1 Å². The Kier molecular flexibility index (Phi) is 5.13. The molecule has 27 heavy (non-hydrogen) atoms. The van der Waals surface area contributed by atoms with E-state index in [9.17, 15) is 17.6 Å². The number of oxime groups is 1. The molecule has 0 unspecified atom stereocenters. The van der Waals surface area contributed by atoms with Gasteiger partial charge in [0.25, 0.3) is 15.9 Å². The van der Waals surface area contributed by atoms with Crippen LogP contribution in [0, 0.1) is 12.7 Å². The summed E-state index contributed by atoms with van der Waals surface area (Å²) in [6.45, 7) is 1.69. The van der Waals surface area contributed by atoms with Gasteiger partial charge in [-0.3, -0.25) is 4.79 Å². The average molecular weight is 392 g/mol. The van der Waals surface area contributed by atoms with Gasteiger partial charge < -0.3 is 9.57 Å². The van der Waals surface area contributed by atoms with Crippen LogP contribution in [-0.4, -0.2) is 33.3 Å². The van der Waals surface area contributed by atoms with E-state index < -0.39 is 27.9 Å². The molecule has 1 N–H and O–H groups in total. The number of hydrogen-bond donors (Lipinski definition) is 1. The van der Waals surface area contributed by atoms with Crippen LogP contribution < -0.4 is 9.46 Å². The fraction of sp³-hybridized carbons (Fsp3) is 0.222. The molecule has 142 valence electrons. The maximum Gasteiger partial charge on any atom is 0.278 e. The molecule has 7 nitrogen and oxygen atoms in total. The zero-order valence-corrected chi connectivity index (χ0v) is 15.4. The van der Waals surface area contributed by atoms with Gasteiger partial charge in [0.2, 0.25) is 6.10 Å². The Labute approximate surface area is 155 Å². The molecule has 3 rings (SSSR count). The number of benzene rings is 2.